The lowest BCUT2D eigenvalue weighted by molar-refractivity contribution is -0.161. The molecule has 0 amide bonds. The summed E-state index contributed by atoms with van der Waals surface area (Å²) in [4.78, 5) is 2.01. The Kier molecular flexibility index (Phi) is 3.60. The Balaban J connectivity index is 1.63. The monoisotopic (exact) mass is 373 g/mol. The number of aliphatic hydroxyl groups is 2. The number of fused-ring (bicyclic) bond motifs is 1. The number of ether oxygens (including phenoxy) is 1. The first-order valence-electron chi connectivity index (χ1n) is 10.2. The number of nitrogens with zero attached hydrogens (tertiary/aromatic N) is 2. The molecule has 3 fully saturated rings. The lowest BCUT2D eigenvalue weighted by atomic mass is 9.60. The van der Waals surface area contributed by atoms with Gasteiger partial charge in [0.1, 0.15) is 6.10 Å². The Labute approximate surface area is 160 Å². The van der Waals surface area contributed by atoms with E-state index in [0.29, 0.717) is 5.92 Å². The maximum absolute atomic E-state index is 10.9. The van der Waals surface area contributed by atoms with Gasteiger partial charge in [-0.25, -0.2) is 0 Å². The third-order valence-electron chi connectivity index (χ3n) is 8.40. The first-order chi connectivity index (χ1) is 12.8. The first kappa shape index (κ1) is 17.9. The predicted octanol–water partition coefficient (Wildman–Crippen LogP) is 1.33. The van der Waals surface area contributed by atoms with Gasteiger partial charge in [0.25, 0.3) is 0 Å². The van der Waals surface area contributed by atoms with Crippen molar-refractivity contribution in [2.75, 3.05) is 14.1 Å². The number of rotatable bonds is 1. The third kappa shape index (κ3) is 2.02. The lowest BCUT2D eigenvalue weighted by Gasteiger charge is -2.55. The van der Waals surface area contributed by atoms with Crippen LogP contribution in [0.25, 0.3) is 0 Å². The number of hydrazone groups is 1. The van der Waals surface area contributed by atoms with Gasteiger partial charge in [-0.05, 0) is 63.8 Å². The van der Waals surface area contributed by atoms with Crippen molar-refractivity contribution in [1.29, 1.82) is 0 Å². The number of likely N-dealkylation sites (N-methyl/N-ethyl adjacent to an activating group) is 1. The fourth-order valence-electron chi connectivity index (χ4n) is 6.93. The van der Waals surface area contributed by atoms with E-state index in [9.17, 15) is 10.2 Å². The average Bonchev–Trinajstić information content (AvgIpc) is 3.14. The summed E-state index contributed by atoms with van der Waals surface area (Å²) in [6, 6.07) is -0.113. The molecule has 7 atom stereocenters. The largest absolute Gasteiger partial charge is 0.388 e. The zero-order valence-electron chi connectivity index (χ0n) is 16.5. The van der Waals surface area contributed by atoms with Gasteiger partial charge in [-0.2, -0.15) is 5.10 Å². The van der Waals surface area contributed by atoms with Crippen LogP contribution >= 0.6 is 0 Å². The van der Waals surface area contributed by atoms with Crippen molar-refractivity contribution >= 4 is 5.71 Å². The highest BCUT2D eigenvalue weighted by Crippen LogP contribution is 2.65. The van der Waals surface area contributed by atoms with Crippen molar-refractivity contribution in [3.05, 3.63) is 23.3 Å². The van der Waals surface area contributed by atoms with Gasteiger partial charge in [0, 0.05) is 23.1 Å². The van der Waals surface area contributed by atoms with Crippen LogP contribution in [0.4, 0.5) is 0 Å². The van der Waals surface area contributed by atoms with Crippen molar-refractivity contribution in [1.82, 2.24) is 4.90 Å². The number of hydrogen-bond acceptors (Lipinski definition) is 6. The van der Waals surface area contributed by atoms with Gasteiger partial charge < -0.3 is 25.7 Å². The molecule has 0 aromatic carbocycles. The molecule has 5 aliphatic rings. The number of aliphatic hydroxyl groups excluding tert-OH is 2. The molecule has 6 nitrogen and oxygen atoms in total. The van der Waals surface area contributed by atoms with Crippen LogP contribution in [0.5, 0.6) is 0 Å². The summed E-state index contributed by atoms with van der Waals surface area (Å²) in [6.07, 6.45) is 8.24. The molecule has 1 saturated heterocycles. The smallest absolute Gasteiger partial charge is 0.105 e. The van der Waals surface area contributed by atoms with Gasteiger partial charge in [0.15, 0.2) is 0 Å². The summed E-state index contributed by atoms with van der Waals surface area (Å²) in [7, 11) is 3.92. The number of nitrogens with two attached hydrogens (primary N) is 1. The highest BCUT2D eigenvalue weighted by atomic mass is 16.5. The van der Waals surface area contributed by atoms with Crippen molar-refractivity contribution in [2.24, 2.45) is 22.3 Å². The molecule has 2 heterocycles. The minimum absolute atomic E-state index is 0.0388. The Morgan fingerprint density at radius 2 is 2.07 bits per heavy atom. The molecule has 3 aliphatic carbocycles. The number of hydrogen-bond donors (Lipinski definition) is 3. The minimum atomic E-state index is -0.874. The molecular weight excluding hydrogens is 342 g/mol. The van der Waals surface area contributed by atoms with E-state index in [4.69, 9.17) is 10.6 Å². The fraction of sp³-hybridized carbons (Fsp3) is 0.762. The van der Waals surface area contributed by atoms with E-state index in [1.165, 1.54) is 5.57 Å². The average molecular weight is 373 g/mol. The van der Waals surface area contributed by atoms with Crippen molar-refractivity contribution in [3.8, 4) is 0 Å². The van der Waals surface area contributed by atoms with Crippen LogP contribution in [0.1, 0.15) is 45.4 Å². The first-order valence-corrected chi connectivity index (χ1v) is 10.2. The minimum Gasteiger partial charge on any atom is -0.388 e. The van der Waals surface area contributed by atoms with Crippen LogP contribution in [-0.4, -0.2) is 64.4 Å². The fourth-order valence-corrected chi connectivity index (χ4v) is 6.93. The molecule has 6 heteroatoms. The van der Waals surface area contributed by atoms with Gasteiger partial charge in [-0.1, -0.05) is 19.1 Å². The summed E-state index contributed by atoms with van der Waals surface area (Å²) in [6.45, 7) is 2.29. The maximum Gasteiger partial charge on any atom is 0.105 e. The van der Waals surface area contributed by atoms with Crippen LogP contribution in [-0.2, 0) is 4.74 Å². The van der Waals surface area contributed by atoms with E-state index < -0.39 is 17.8 Å². The molecule has 5 rings (SSSR count). The van der Waals surface area contributed by atoms with Gasteiger partial charge >= 0.3 is 0 Å². The van der Waals surface area contributed by atoms with E-state index in [2.05, 4.69) is 24.2 Å². The molecule has 0 aromatic heterocycles. The standard InChI is InChI=1S/C21H31N3O3/c1-19-7-6-12-10-13-17(25)18(26)14(24(2)3)11-20(13)8-9-21(12,27-20)15(19)4-5-16(19)23-22/h6,10,14-15,17-18,25-26H,4-5,7-9,11,22H2,1-3H3/b23-16+/t14-,15+,17+,18+,19-,20+,21+/m0/s1. The van der Waals surface area contributed by atoms with Crippen LogP contribution in [0.15, 0.2) is 28.4 Å². The topological polar surface area (TPSA) is 91.3 Å². The zero-order valence-corrected chi connectivity index (χ0v) is 16.5. The van der Waals surface area contributed by atoms with E-state index >= 15 is 0 Å². The van der Waals surface area contributed by atoms with E-state index in [1.54, 1.807) is 0 Å². The molecule has 2 saturated carbocycles. The van der Waals surface area contributed by atoms with Crippen molar-refractivity contribution in [3.63, 3.8) is 0 Å². The molecule has 27 heavy (non-hydrogen) atoms. The van der Waals surface area contributed by atoms with Gasteiger partial charge in [0.05, 0.1) is 17.3 Å². The lowest BCUT2D eigenvalue weighted by Crippen LogP contribution is -2.62. The molecule has 4 N–H and O–H groups in total. The molecule has 2 spiro atoms. The predicted molar refractivity (Wildman–Crippen MR) is 103 cm³/mol. The normalized spacial score (nSPS) is 52.3. The van der Waals surface area contributed by atoms with E-state index in [-0.39, 0.29) is 17.1 Å². The highest BCUT2D eigenvalue weighted by molar-refractivity contribution is 5.93. The van der Waals surface area contributed by atoms with Crippen molar-refractivity contribution in [2.45, 2.75) is 74.9 Å². The molecule has 2 aliphatic heterocycles. The summed E-state index contributed by atoms with van der Waals surface area (Å²) in [5.41, 5.74) is 2.38. The van der Waals surface area contributed by atoms with Crippen molar-refractivity contribution < 1.29 is 14.9 Å². The summed E-state index contributed by atoms with van der Waals surface area (Å²) in [5.74, 6) is 6.09. The van der Waals surface area contributed by atoms with Crippen LogP contribution in [0.3, 0.4) is 0 Å². The molecule has 0 radical (unpaired) electrons. The van der Waals surface area contributed by atoms with Crippen LogP contribution < -0.4 is 5.84 Å². The van der Waals surface area contributed by atoms with Gasteiger partial charge in [-0.15, -0.1) is 0 Å². The second-order valence-corrected chi connectivity index (χ2v) is 9.70. The summed E-state index contributed by atoms with van der Waals surface area (Å²) < 4.78 is 7.02. The molecule has 0 aromatic rings. The second-order valence-electron chi connectivity index (χ2n) is 9.70. The van der Waals surface area contributed by atoms with Gasteiger partial charge in [-0.3, -0.25) is 0 Å². The maximum atomic E-state index is 10.9. The zero-order chi connectivity index (χ0) is 19.2. The third-order valence-corrected chi connectivity index (χ3v) is 8.40. The molecule has 0 unspecified atom stereocenters. The Hall–Kier alpha value is -1.21. The SMILES string of the molecule is CN(C)[C@H]1C[C@@]23CC[C@@]4(O2)C(=CC[C@]2(C)/C(=N/N)CC[C@@H]42)C=C3[C@@H](O)[C@@H]1O. The summed E-state index contributed by atoms with van der Waals surface area (Å²) in [5, 5.41) is 25.7. The second kappa shape index (κ2) is 5.44. The Morgan fingerprint density at radius 1 is 1.30 bits per heavy atom. The van der Waals surface area contributed by atoms with Crippen LogP contribution in [0.2, 0.25) is 0 Å². The Morgan fingerprint density at radius 3 is 2.78 bits per heavy atom. The number of allylic oxidation sites excluding steroid dienone is 1. The quantitative estimate of drug-likeness (QED) is 0.476. The molecule has 148 valence electrons. The molecular formula is C21H31N3O3. The van der Waals surface area contributed by atoms with Crippen LogP contribution in [0, 0.1) is 11.3 Å². The molecule has 2 bridgehead atoms. The van der Waals surface area contributed by atoms with E-state index in [1.807, 2.05) is 19.0 Å². The summed E-state index contributed by atoms with van der Waals surface area (Å²) >= 11 is 0. The highest BCUT2D eigenvalue weighted by Gasteiger charge is 2.67. The van der Waals surface area contributed by atoms with Gasteiger partial charge in [0.2, 0.25) is 0 Å². The van der Waals surface area contributed by atoms with E-state index in [0.717, 1.165) is 49.8 Å². The Bertz CT molecular complexity index is 775.